The maximum atomic E-state index is 13.1. The van der Waals surface area contributed by atoms with Crippen molar-refractivity contribution in [1.29, 1.82) is 0 Å². The van der Waals surface area contributed by atoms with E-state index >= 15 is 0 Å². The van der Waals surface area contributed by atoms with Gasteiger partial charge >= 0.3 is 0 Å². The number of nitrogens with zero attached hydrogens (tertiary/aromatic N) is 1. The Bertz CT molecular complexity index is 1050. The smallest absolute Gasteiger partial charge is 0.265 e. The lowest BCUT2D eigenvalue weighted by atomic mass is 9.96. The van der Waals surface area contributed by atoms with E-state index in [2.05, 4.69) is 19.2 Å². The van der Waals surface area contributed by atoms with Crippen LogP contribution in [-0.4, -0.2) is 37.8 Å². The van der Waals surface area contributed by atoms with E-state index in [9.17, 15) is 13.2 Å². The largest absolute Gasteiger partial charge is 0.480 e. The maximum absolute atomic E-state index is 13.1. The third kappa shape index (κ3) is 6.19. The zero-order chi connectivity index (χ0) is 24.7. The summed E-state index contributed by atoms with van der Waals surface area (Å²) in [6.07, 6.45) is 5.96. The molecule has 2 aromatic carbocycles. The molecule has 3 rings (SSSR count). The van der Waals surface area contributed by atoms with Gasteiger partial charge in [-0.3, -0.25) is 4.79 Å². The molecule has 0 saturated heterocycles. The lowest BCUT2D eigenvalue weighted by molar-refractivity contribution is -0.122. The van der Waals surface area contributed by atoms with Gasteiger partial charge in [-0.15, -0.1) is 0 Å². The van der Waals surface area contributed by atoms with Crippen LogP contribution in [0.15, 0.2) is 53.4 Å². The molecule has 0 aliphatic heterocycles. The van der Waals surface area contributed by atoms with Gasteiger partial charge in [0, 0.05) is 18.8 Å². The van der Waals surface area contributed by atoms with Gasteiger partial charge in [0.05, 0.1) is 4.90 Å². The summed E-state index contributed by atoms with van der Waals surface area (Å²) in [5.74, 6) is 0.806. The van der Waals surface area contributed by atoms with Crippen LogP contribution >= 0.6 is 0 Å². The molecule has 1 saturated carbocycles. The number of sulfonamides is 1. The average molecular weight is 487 g/mol. The van der Waals surface area contributed by atoms with Crippen LogP contribution in [0.25, 0.3) is 0 Å². The first-order chi connectivity index (χ1) is 16.3. The Hall–Kier alpha value is -2.38. The Kier molecular flexibility index (Phi) is 9.14. The van der Waals surface area contributed by atoms with Crippen LogP contribution in [0, 0.1) is 0 Å². The summed E-state index contributed by atoms with van der Waals surface area (Å²) in [5.41, 5.74) is 1.63. The SMILES string of the molecule is CCC(Oc1ccccc1C(C)CC)C(=O)Nc1ccc(S(=O)(=O)N(C)C2CCCCC2)cc1. The number of amides is 1. The first-order valence-electron chi connectivity index (χ1n) is 12.4. The molecule has 1 amide bonds. The normalized spacial score (nSPS) is 16.7. The third-order valence-electron chi connectivity index (χ3n) is 6.88. The van der Waals surface area contributed by atoms with Crippen LogP contribution in [0.3, 0.4) is 0 Å². The number of benzene rings is 2. The third-order valence-corrected chi connectivity index (χ3v) is 8.81. The van der Waals surface area contributed by atoms with Gasteiger partial charge in [-0.25, -0.2) is 8.42 Å². The fourth-order valence-corrected chi connectivity index (χ4v) is 5.85. The molecule has 186 valence electrons. The van der Waals surface area contributed by atoms with E-state index in [4.69, 9.17) is 4.74 Å². The molecule has 0 spiro atoms. The van der Waals surface area contributed by atoms with E-state index in [1.165, 1.54) is 10.7 Å². The Balaban J connectivity index is 1.68. The molecular weight excluding hydrogens is 448 g/mol. The molecule has 1 N–H and O–H groups in total. The van der Waals surface area contributed by atoms with E-state index < -0.39 is 16.1 Å². The van der Waals surface area contributed by atoms with Crippen molar-refractivity contribution in [3.63, 3.8) is 0 Å². The summed E-state index contributed by atoms with van der Waals surface area (Å²) >= 11 is 0. The number of carbonyl (C=O) groups excluding carboxylic acids is 1. The van der Waals surface area contributed by atoms with E-state index in [1.807, 2.05) is 31.2 Å². The van der Waals surface area contributed by atoms with E-state index in [-0.39, 0.29) is 16.8 Å². The second kappa shape index (κ2) is 11.8. The van der Waals surface area contributed by atoms with E-state index in [0.717, 1.165) is 43.4 Å². The predicted octanol–water partition coefficient (Wildman–Crippen LogP) is 5.95. The fourth-order valence-electron chi connectivity index (χ4n) is 4.43. The van der Waals surface area contributed by atoms with Crippen molar-refractivity contribution in [2.45, 2.75) is 88.7 Å². The topological polar surface area (TPSA) is 75.7 Å². The van der Waals surface area contributed by atoms with Gasteiger partial charge in [-0.05, 0) is 67.5 Å². The summed E-state index contributed by atoms with van der Waals surface area (Å²) in [7, 11) is -1.90. The summed E-state index contributed by atoms with van der Waals surface area (Å²) < 4.78 is 33.7. The van der Waals surface area contributed by atoms with Gasteiger partial charge in [0.2, 0.25) is 10.0 Å². The average Bonchev–Trinajstić information content (AvgIpc) is 2.87. The molecule has 0 bridgehead atoms. The lowest BCUT2D eigenvalue weighted by Crippen LogP contribution is -2.38. The predicted molar refractivity (Wildman–Crippen MR) is 137 cm³/mol. The Morgan fingerprint density at radius 2 is 1.68 bits per heavy atom. The van der Waals surface area contributed by atoms with Gasteiger partial charge in [0.25, 0.3) is 5.91 Å². The lowest BCUT2D eigenvalue weighted by Gasteiger charge is -2.30. The number of hydrogen-bond donors (Lipinski definition) is 1. The summed E-state index contributed by atoms with van der Waals surface area (Å²) in [6, 6.07) is 14.3. The van der Waals surface area contributed by atoms with Gasteiger partial charge < -0.3 is 10.1 Å². The zero-order valence-corrected chi connectivity index (χ0v) is 21.6. The van der Waals surface area contributed by atoms with Crippen molar-refractivity contribution in [2.24, 2.45) is 0 Å². The number of rotatable bonds is 10. The van der Waals surface area contributed by atoms with Crippen LogP contribution in [0.5, 0.6) is 5.75 Å². The monoisotopic (exact) mass is 486 g/mol. The standard InChI is InChI=1S/C27H38N2O4S/c1-5-20(3)24-14-10-11-15-26(24)33-25(6-2)27(30)28-21-16-18-23(19-17-21)34(31,32)29(4)22-12-8-7-9-13-22/h10-11,14-20,22,25H,5-9,12-13H2,1-4H3,(H,28,30). The minimum absolute atomic E-state index is 0.0545. The summed E-state index contributed by atoms with van der Waals surface area (Å²) in [4.78, 5) is 13.2. The molecule has 1 aliphatic rings. The highest BCUT2D eigenvalue weighted by Gasteiger charge is 2.29. The van der Waals surface area contributed by atoms with Crippen LogP contribution in [-0.2, 0) is 14.8 Å². The number of para-hydroxylation sites is 1. The first kappa shape index (κ1) is 26.2. The highest BCUT2D eigenvalue weighted by Crippen LogP contribution is 2.30. The quantitative estimate of drug-likeness (QED) is 0.450. The Labute approximate surface area is 204 Å². The van der Waals surface area contributed by atoms with Gasteiger partial charge in [-0.1, -0.05) is 58.2 Å². The number of hydrogen-bond acceptors (Lipinski definition) is 4. The molecule has 2 unspecified atom stereocenters. The van der Waals surface area contributed by atoms with Crippen molar-refractivity contribution in [1.82, 2.24) is 4.31 Å². The highest BCUT2D eigenvalue weighted by atomic mass is 32.2. The van der Waals surface area contributed by atoms with Crippen LogP contribution < -0.4 is 10.1 Å². The van der Waals surface area contributed by atoms with E-state index in [0.29, 0.717) is 18.0 Å². The van der Waals surface area contributed by atoms with Crippen molar-refractivity contribution < 1.29 is 17.9 Å². The fraction of sp³-hybridized carbons (Fsp3) is 0.519. The van der Waals surface area contributed by atoms with Gasteiger partial charge in [0.1, 0.15) is 5.75 Å². The molecule has 2 atom stereocenters. The van der Waals surface area contributed by atoms with Crippen molar-refractivity contribution in [3.05, 3.63) is 54.1 Å². The minimum atomic E-state index is -3.57. The molecule has 0 aromatic heterocycles. The highest BCUT2D eigenvalue weighted by molar-refractivity contribution is 7.89. The van der Waals surface area contributed by atoms with Gasteiger partial charge in [0.15, 0.2) is 6.10 Å². The zero-order valence-electron chi connectivity index (χ0n) is 20.8. The summed E-state index contributed by atoms with van der Waals surface area (Å²) in [6.45, 7) is 6.18. The first-order valence-corrected chi connectivity index (χ1v) is 13.9. The van der Waals surface area contributed by atoms with Crippen molar-refractivity contribution in [2.75, 3.05) is 12.4 Å². The maximum Gasteiger partial charge on any atom is 0.265 e. The second-order valence-electron chi connectivity index (χ2n) is 9.19. The van der Waals surface area contributed by atoms with Crippen LogP contribution in [0.1, 0.15) is 77.2 Å². The number of nitrogens with one attached hydrogen (secondary N) is 1. The van der Waals surface area contributed by atoms with Crippen LogP contribution in [0.4, 0.5) is 5.69 Å². The molecular formula is C27H38N2O4S. The van der Waals surface area contributed by atoms with Crippen molar-refractivity contribution >= 4 is 21.6 Å². The molecule has 0 heterocycles. The number of carbonyl (C=O) groups is 1. The van der Waals surface area contributed by atoms with Crippen LogP contribution in [0.2, 0.25) is 0 Å². The molecule has 1 fully saturated rings. The van der Waals surface area contributed by atoms with E-state index in [1.54, 1.807) is 31.3 Å². The summed E-state index contributed by atoms with van der Waals surface area (Å²) in [5, 5.41) is 2.87. The molecule has 2 aromatic rings. The molecule has 7 heteroatoms. The van der Waals surface area contributed by atoms with Gasteiger partial charge in [-0.2, -0.15) is 4.31 Å². The second-order valence-corrected chi connectivity index (χ2v) is 11.2. The Morgan fingerprint density at radius 3 is 2.29 bits per heavy atom. The molecule has 34 heavy (non-hydrogen) atoms. The molecule has 0 radical (unpaired) electrons. The minimum Gasteiger partial charge on any atom is -0.480 e. The number of ether oxygens (including phenoxy) is 1. The molecule has 6 nitrogen and oxygen atoms in total. The van der Waals surface area contributed by atoms with Crippen molar-refractivity contribution in [3.8, 4) is 5.75 Å². The Morgan fingerprint density at radius 1 is 1.03 bits per heavy atom. The number of anilines is 1. The molecule has 1 aliphatic carbocycles.